The number of imidazole rings is 1. The Labute approximate surface area is 235 Å². The van der Waals surface area contributed by atoms with Gasteiger partial charge < -0.3 is 25.2 Å². The summed E-state index contributed by atoms with van der Waals surface area (Å²) in [5.74, 6) is 1.99. The van der Waals surface area contributed by atoms with Crippen molar-refractivity contribution in [3.63, 3.8) is 0 Å². The number of methoxy groups -OCH3 is 1. The third-order valence-electron chi connectivity index (χ3n) is 7.68. The van der Waals surface area contributed by atoms with Crippen LogP contribution in [0.4, 0.5) is 10.6 Å². The third kappa shape index (κ3) is 7.08. The van der Waals surface area contributed by atoms with E-state index in [1.807, 2.05) is 35.2 Å². The third-order valence-corrected chi connectivity index (χ3v) is 7.68. The molecule has 2 fully saturated rings. The summed E-state index contributed by atoms with van der Waals surface area (Å²) in [6.45, 7) is 2.09. The minimum atomic E-state index is -0.225. The van der Waals surface area contributed by atoms with Gasteiger partial charge in [-0.2, -0.15) is 4.98 Å². The molecule has 11 nitrogen and oxygen atoms in total. The molecule has 40 heavy (non-hydrogen) atoms. The zero-order valence-electron chi connectivity index (χ0n) is 23.0. The first-order valence-electron chi connectivity index (χ1n) is 14.1. The maximum atomic E-state index is 13.2. The van der Waals surface area contributed by atoms with E-state index in [1.165, 1.54) is 6.42 Å². The molecule has 0 radical (unpaired) electrons. The van der Waals surface area contributed by atoms with Gasteiger partial charge in [0.05, 0.1) is 13.2 Å². The average molecular weight is 547 g/mol. The summed E-state index contributed by atoms with van der Waals surface area (Å²) in [5, 5.41) is 6.29. The minimum absolute atomic E-state index is 0.0433. The summed E-state index contributed by atoms with van der Waals surface area (Å²) in [4.78, 5) is 43.5. The number of piperazine rings is 1. The number of urea groups is 1. The van der Waals surface area contributed by atoms with Crippen LogP contribution in [-0.2, 0) is 11.2 Å². The van der Waals surface area contributed by atoms with Crippen LogP contribution in [0.5, 0.6) is 5.75 Å². The van der Waals surface area contributed by atoms with Crippen molar-refractivity contribution in [1.82, 2.24) is 35.1 Å². The molecular formula is C29H38N8O3. The van der Waals surface area contributed by atoms with E-state index in [9.17, 15) is 9.59 Å². The number of rotatable bonds is 9. The van der Waals surface area contributed by atoms with Gasteiger partial charge in [0.25, 0.3) is 0 Å². The highest BCUT2D eigenvalue weighted by molar-refractivity contribution is 5.78. The molecule has 1 unspecified atom stereocenters. The number of nitrogens with one attached hydrogen (secondary N) is 2. The summed E-state index contributed by atoms with van der Waals surface area (Å²) >= 11 is 0. The molecule has 1 saturated carbocycles. The van der Waals surface area contributed by atoms with Crippen molar-refractivity contribution >= 4 is 17.8 Å². The van der Waals surface area contributed by atoms with Crippen LogP contribution in [0.25, 0.3) is 5.95 Å². The molecule has 2 aromatic heterocycles. The maximum Gasteiger partial charge on any atom is 0.317 e. The molecule has 0 bridgehead atoms. The van der Waals surface area contributed by atoms with Crippen LogP contribution >= 0.6 is 0 Å². The van der Waals surface area contributed by atoms with Gasteiger partial charge in [-0.25, -0.2) is 14.8 Å². The highest BCUT2D eigenvalue weighted by Crippen LogP contribution is 2.23. The van der Waals surface area contributed by atoms with Gasteiger partial charge in [-0.1, -0.05) is 31.4 Å². The van der Waals surface area contributed by atoms with Gasteiger partial charge in [0.1, 0.15) is 17.9 Å². The molecule has 0 spiro atoms. The number of carbonyl (C=O) groups is 2. The van der Waals surface area contributed by atoms with Crippen molar-refractivity contribution in [2.24, 2.45) is 0 Å². The molecule has 11 heteroatoms. The Kier molecular flexibility index (Phi) is 9.10. The highest BCUT2D eigenvalue weighted by atomic mass is 16.5. The molecule has 3 heterocycles. The number of carbonyl (C=O) groups excluding carboxylic acids is 2. The monoisotopic (exact) mass is 546 g/mol. The number of hydrogen-bond acceptors (Lipinski definition) is 7. The van der Waals surface area contributed by atoms with E-state index < -0.39 is 0 Å². The van der Waals surface area contributed by atoms with Gasteiger partial charge in [0.15, 0.2) is 0 Å². The SMILES string of the molecule is COc1ccc(CCNC(=O)CC2CN(C(=O)NC3CCCCC3)CCN2c2ccnc(-n3ccnc3)n2)cc1. The Morgan fingerprint density at radius 2 is 1.88 bits per heavy atom. The predicted octanol–water partition coefficient (Wildman–Crippen LogP) is 2.95. The van der Waals surface area contributed by atoms with Crippen LogP contribution < -0.4 is 20.3 Å². The second-order valence-electron chi connectivity index (χ2n) is 10.4. The van der Waals surface area contributed by atoms with E-state index in [2.05, 4.69) is 25.5 Å². The first-order valence-corrected chi connectivity index (χ1v) is 14.1. The molecular weight excluding hydrogens is 508 g/mol. The van der Waals surface area contributed by atoms with Crippen molar-refractivity contribution < 1.29 is 14.3 Å². The molecule has 2 aliphatic rings. The van der Waals surface area contributed by atoms with Gasteiger partial charge in [-0.05, 0) is 43.0 Å². The van der Waals surface area contributed by atoms with E-state index in [0.29, 0.717) is 32.1 Å². The summed E-state index contributed by atoms with van der Waals surface area (Å²) in [7, 11) is 1.64. The zero-order chi connectivity index (χ0) is 27.7. The van der Waals surface area contributed by atoms with Gasteiger partial charge in [-0.15, -0.1) is 0 Å². The fourth-order valence-corrected chi connectivity index (χ4v) is 5.45. The quantitative estimate of drug-likeness (QED) is 0.424. The lowest BCUT2D eigenvalue weighted by Gasteiger charge is -2.42. The van der Waals surface area contributed by atoms with Crippen molar-refractivity contribution in [2.75, 3.05) is 38.2 Å². The van der Waals surface area contributed by atoms with E-state index >= 15 is 0 Å². The number of amides is 3. The van der Waals surface area contributed by atoms with Gasteiger partial charge in [0, 0.05) is 57.2 Å². The number of hydrogen-bond donors (Lipinski definition) is 2. The summed E-state index contributed by atoms with van der Waals surface area (Å²) in [6, 6.07) is 9.67. The summed E-state index contributed by atoms with van der Waals surface area (Å²) in [5.41, 5.74) is 1.12. The first-order chi connectivity index (χ1) is 19.6. The van der Waals surface area contributed by atoms with E-state index in [4.69, 9.17) is 9.72 Å². The number of anilines is 1. The van der Waals surface area contributed by atoms with Crippen molar-refractivity contribution in [2.45, 2.75) is 57.0 Å². The van der Waals surface area contributed by atoms with Crippen LogP contribution in [0.2, 0.25) is 0 Å². The second-order valence-corrected chi connectivity index (χ2v) is 10.4. The number of ether oxygens (including phenoxy) is 1. The molecule has 212 valence electrons. The van der Waals surface area contributed by atoms with Crippen LogP contribution in [0.15, 0.2) is 55.2 Å². The van der Waals surface area contributed by atoms with Crippen LogP contribution in [-0.4, -0.2) is 81.7 Å². The molecule has 1 aromatic carbocycles. The Morgan fingerprint density at radius 3 is 2.62 bits per heavy atom. The summed E-state index contributed by atoms with van der Waals surface area (Å²) < 4.78 is 6.97. The van der Waals surface area contributed by atoms with Gasteiger partial charge >= 0.3 is 6.03 Å². The fraction of sp³-hybridized carbons (Fsp3) is 0.483. The highest BCUT2D eigenvalue weighted by Gasteiger charge is 2.33. The van der Waals surface area contributed by atoms with Gasteiger partial charge in [-0.3, -0.25) is 9.36 Å². The molecule has 1 aliphatic heterocycles. The minimum Gasteiger partial charge on any atom is -0.497 e. The smallest absolute Gasteiger partial charge is 0.317 e. The molecule has 1 atom stereocenters. The maximum absolute atomic E-state index is 13.2. The number of nitrogens with zero attached hydrogens (tertiary/aromatic N) is 6. The Bertz CT molecular complexity index is 1240. The van der Waals surface area contributed by atoms with E-state index in [-0.39, 0.29) is 30.4 Å². The average Bonchev–Trinajstić information content (AvgIpc) is 3.53. The van der Waals surface area contributed by atoms with Crippen LogP contribution in [0.3, 0.4) is 0 Å². The lowest BCUT2D eigenvalue weighted by Crippen LogP contribution is -2.59. The molecule has 2 N–H and O–H groups in total. The predicted molar refractivity (Wildman–Crippen MR) is 152 cm³/mol. The Morgan fingerprint density at radius 1 is 1.05 bits per heavy atom. The number of aromatic nitrogens is 4. The largest absolute Gasteiger partial charge is 0.497 e. The lowest BCUT2D eigenvalue weighted by molar-refractivity contribution is -0.121. The van der Waals surface area contributed by atoms with Crippen molar-refractivity contribution in [3.8, 4) is 11.7 Å². The van der Waals surface area contributed by atoms with Crippen LogP contribution in [0, 0.1) is 0 Å². The molecule has 3 aromatic rings. The number of benzene rings is 1. The summed E-state index contributed by atoms with van der Waals surface area (Å²) in [6.07, 6.45) is 13.4. The van der Waals surface area contributed by atoms with Crippen LogP contribution in [0.1, 0.15) is 44.1 Å². The topological polar surface area (TPSA) is 118 Å². The lowest BCUT2D eigenvalue weighted by atomic mass is 9.96. The fourth-order valence-electron chi connectivity index (χ4n) is 5.45. The zero-order valence-corrected chi connectivity index (χ0v) is 23.0. The molecule has 1 aliphatic carbocycles. The van der Waals surface area contributed by atoms with Crippen molar-refractivity contribution in [1.29, 1.82) is 0 Å². The Hall–Kier alpha value is -4.15. The second kappa shape index (κ2) is 13.3. The molecule has 1 saturated heterocycles. The first kappa shape index (κ1) is 27.4. The molecule has 3 amide bonds. The van der Waals surface area contributed by atoms with Crippen molar-refractivity contribution in [3.05, 3.63) is 60.8 Å². The molecule has 5 rings (SSSR count). The normalized spacial score (nSPS) is 17.9. The van der Waals surface area contributed by atoms with E-state index in [1.54, 1.807) is 36.6 Å². The standard InChI is InChI=1S/C29H38N8O3/c1-40-25-9-7-22(8-10-25)11-13-31-27(38)19-24-20-35(29(39)33-23-5-3-2-4-6-23)17-18-37(24)26-12-14-32-28(34-26)36-16-15-30-21-36/h7-10,12,14-16,21,23-24H,2-6,11,13,17-20H2,1H3,(H,31,38)(H,33,39). The Balaban J connectivity index is 1.25. The van der Waals surface area contributed by atoms with E-state index in [0.717, 1.165) is 49.2 Å². The van der Waals surface area contributed by atoms with Gasteiger partial charge in [0.2, 0.25) is 11.9 Å².